The number of sulfonamides is 1. The quantitative estimate of drug-likeness (QED) is 0.856. The monoisotopic (exact) mass is 304 g/mol. The van der Waals surface area contributed by atoms with Gasteiger partial charge in [-0.2, -0.15) is 4.31 Å². The lowest BCUT2D eigenvalue weighted by Crippen LogP contribution is -2.47. The number of pyridine rings is 1. The molecule has 0 aliphatic carbocycles. The fraction of sp³-hybridized carbons (Fsp3) is 0.438. The first-order valence-corrected chi connectivity index (χ1v) is 8.83. The summed E-state index contributed by atoms with van der Waals surface area (Å²) in [5.41, 5.74) is 0.560. The van der Waals surface area contributed by atoms with Crippen molar-refractivity contribution in [3.05, 3.63) is 36.5 Å². The van der Waals surface area contributed by atoms with Crippen molar-refractivity contribution in [2.24, 2.45) is 0 Å². The summed E-state index contributed by atoms with van der Waals surface area (Å²) in [6.45, 7) is 3.98. The second kappa shape index (κ2) is 5.39. The lowest BCUT2D eigenvalue weighted by molar-refractivity contribution is 0.204. The number of fused-ring (bicyclic) bond motifs is 1. The number of rotatable bonds is 2. The average Bonchev–Trinajstić information content (AvgIpc) is 2.46. The zero-order valence-electron chi connectivity index (χ0n) is 12.4. The van der Waals surface area contributed by atoms with Gasteiger partial charge in [0, 0.05) is 23.7 Å². The van der Waals surface area contributed by atoms with E-state index >= 15 is 0 Å². The van der Waals surface area contributed by atoms with Gasteiger partial charge in [-0.25, -0.2) is 8.42 Å². The maximum atomic E-state index is 13.1. The van der Waals surface area contributed by atoms with Gasteiger partial charge in [-0.3, -0.25) is 4.98 Å². The van der Waals surface area contributed by atoms with E-state index in [4.69, 9.17) is 0 Å². The van der Waals surface area contributed by atoms with Gasteiger partial charge in [0.25, 0.3) is 0 Å². The van der Waals surface area contributed by atoms with Crippen molar-refractivity contribution in [1.29, 1.82) is 0 Å². The summed E-state index contributed by atoms with van der Waals surface area (Å²) < 4.78 is 27.9. The third-order valence-electron chi connectivity index (χ3n) is 4.26. The van der Waals surface area contributed by atoms with Crippen molar-refractivity contribution >= 4 is 20.9 Å². The molecule has 3 rings (SSSR count). The summed E-state index contributed by atoms with van der Waals surface area (Å²) in [5, 5.41) is 0.857. The highest BCUT2D eigenvalue weighted by molar-refractivity contribution is 7.89. The molecule has 21 heavy (non-hydrogen) atoms. The number of nitrogens with zero attached hydrogens (tertiary/aromatic N) is 2. The van der Waals surface area contributed by atoms with E-state index in [1.54, 1.807) is 22.6 Å². The molecule has 4 nitrogen and oxygen atoms in total. The Morgan fingerprint density at radius 3 is 2.48 bits per heavy atom. The van der Waals surface area contributed by atoms with E-state index < -0.39 is 10.0 Å². The lowest BCUT2D eigenvalue weighted by atomic mass is 10.0. The van der Waals surface area contributed by atoms with Crippen LogP contribution in [0.1, 0.15) is 33.1 Å². The molecule has 0 radical (unpaired) electrons. The Morgan fingerprint density at radius 2 is 1.76 bits per heavy atom. The lowest BCUT2D eigenvalue weighted by Gasteiger charge is -2.37. The number of benzene rings is 1. The van der Waals surface area contributed by atoms with Crippen molar-refractivity contribution < 1.29 is 8.42 Å². The van der Waals surface area contributed by atoms with Crippen molar-refractivity contribution in [3.8, 4) is 0 Å². The van der Waals surface area contributed by atoms with Crippen molar-refractivity contribution in [3.63, 3.8) is 0 Å². The molecule has 1 fully saturated rings. The number of hydrogen-bond donors (Lipinski definition) is 0. The van der Waals surface area contributed by atoms with E-state index in [1.807, 2.05) is 32.0 Å². The normalized spacial score (nSPS) is 24.3. The largest absolute Gasteiger partial charge is 0.255 e. The number of hydrogen-bond acceptors (Lipinski definition) is 3. The Kier molecular flexibility index (Phi) is 3.71. The van der Waals surface area contributed by atoms with Gasteiger partial charge in [0.2, 0.25) is 10.0 Å². The molecule has 2 aromatic rings. The van der Waals surface area contributed by atoms with Crippen LogP contribution >= 0.6 is 0 Å². The highest BCUT2D eigenvalue weighted by atomic mass is 32.2. The predicted molar refractivity (Wildman–Crippen MR) is 83.5 cm³/mol. The second-order valence-corrected chi connectivity index (χ2v) is 7.61. The Labute approximate surface area is 125 Å². The topological polar surface area (TPSA) is 50.3 Å². The fourth-order valence-electron chi connectivity index (χ4n) is 3.27. The van der Waals surface area contributed by atoms with Crippen LogP contribution in [0.2, 0.25) is 0 Å². The molecule has 1 aromatic carbocycles. The zero-order valence-corrected chi connectivity index (χ0v) is 13.2. The smallest absolute Gasteiger partial charge is 0.245 e. The van der Waals surface area contributed by atoms with Gasteiger partial charge >= 0.3 is 0 Å². The Bertz CT molecular complexity index is 742. The summed E-state index contributed by atoms with van der Waals surface area (Å²) in [6.07, 6.45) is 4.57. The zero-order chi connectivity index (χ0) is 15.0. The number of aromatic nitrogens is 1. The molecule has 0 spiro atoms. The standard InChI is InChI=1S/C16H20N2O2S/c1-12-6-3-7-13(2)18(12)21(19,20)15-10-4-8-14-9-5-11-17-16(14)15/h4-5,8-13H,3,6-7H2,1-2H3/t12-,13-/m1/s1. The SMILES string of the molecule is C[C@@H]1CCC[C@@H](C)N1S(=O)(=O)c1cccc2cccnc12. The van der Waals surface area contributed by atoms with E-state index in [2.05, 4.69) is 4.98 Å². The van der Waals surface area contributed by atoms with E-state index in [1.165, 1.54) is 0 Å². The first-order chi connectivity index (χ1) is 10.0. The van der Waals surface area contributed by atoms with Gasteiger partial charge in [0.15, 0.2) is 0 Å². The van der Waals surface area contributed by atoms with E-state index in [0.29, 0.717) is 10.4 Å². The molecule has 0 unspecified atom stereocenters. The van der Waals surface area contributed by atoms with Crippen LogP contribution in [0.3, 0.4) is 0 Å². The molecule has 5 heteroatoms. The molecule has 1 aliphatic rings. The minimum Gasteiger partial charge on any atom is -0.255 e. The van der Waals surface area contributed by atoms with Gasteiger partial charge < -0.3 is 0 Å². The highest BCUT2D eigenvalue weighted by Crippen LogP contribution is 2.31. The van der Waals surface area contributed by atoms with Crippen LogP contribution in [0.15, 0.2) is 41.4 Å². The van der Waals surface area contributed by atoms with Gasteiger partial charge in [0.05, 0.1) is 5.52 Å². The number of piperidine rings is 1. The van der Waals surface area contributed by atoms with E-state index in [0.717, 1.165) is 24.6 Å². The Balaban J connectivity index is 2.16. The van der Waals surface area contributed by atoms with Crippen LogP contribution in [-0.4, -0.2) is 29.8 Å². The minimum absolute atomic E-state index is 0.0396. The molecule has 1 saturated heterocycles. The van der Waals surface area contributed by atoms with Crippen LogP contribution in [-0.2, 0) is 10.0 Å². The molecular formula is C16H20N2O2S. The van der Waals surface area contributed by atoms with Crippen LogP contribution in [0, 0.1) is 0 Å². The van der Waals surface area contributed by atoms with E-state index in [9.17, 15) is 8.42 Å². The summed E-state index contributed by atoms with van der Waals surface area (Å²) >= 11 is 0. The summed E-state index contributed by atoms with van der Waals surface area (Å²) in [4.78, 5) is 4.61. The molecule has 2 heterocycles. The van der Waals surface area contributed by atoms with Crippen molar-refractivity contribution in [2.45, 2.75) is 50.1 Å². The van der Waals surface area contributed by atoms with Gasteiger partial charge in [0.1, 0.15) is 4.90 Å². The molecule has 2 atom stereocenters. The minimum atomic E-state index is -3.52. The molecule has 112 valence electrons. The van der Waals surface area contributed by atoms with Crippen LogP contribution in [0.5, 0.6) is 0 Å². The first kappa shape index (κ1) is 14.5. The van der Waals surface area contributed by atoms with Gasteiger partial charge in [-0.1, -0.05) is 24.6 Å². The first-order valence-electron chi connectivity index (χ1n) is 7.39. The van der Waals surface area contributed by atoms with Gasteiger partial charge in [-0.05, 0) is 38.8 Å². The van der Waals surface area contributed by atoms with Crippen molar-refractivity contribution in [2.75, 3.05) is 0 Å². The van der Waals surface area contributed by atoms with Crippen LogP contribution < -0.4 is 0 Å². The van der Waals surface area contributed by atoms with Crippen LogP contribution in [0.4, 0.5) is 0 Å². The molecular weight excluding hydrogens is 284 g/mol. The summed E-state index contributed by atoms with van der Waals surface area (Å²) in [5.74, 6) is 0. The molecule has 0 bridgehead atoms. The highest BCUT2D eigenvalue weighted by Gasteiger charge is 2.36. The number of para-hydroxylation sites is 1. The molecule has 1 aromatic heterocycles. The third-order valence-corrected chi connectivity index (χ3v) is 6.42. The van der Waals surface area contributed by atoms with Gasteiger partial charge in [-0.15, -0.1) is 0 Å². The maximum absolute atomic E-state index is 13.1. The molecule has 1 aliphatic heterocycles. The summed E-state index contributed by atoms with van der Waals surface area (Å²) in [6, 6.07) is 9.14. The average molecular weight is 304 g/mol. The maximum Gasteiger partial charge on any atom is 0.245 e. The molecule has 0 N–H and O–H groups in total. The Morgan fingerprint density at radius 1 is 1.10 bits per heavy atom. The Hall–Kier alpha value is -1.46. The third kappa shape index (κ3) is 2.45. The summed E-state index contributed by atoms with van der Waals surface area (Å²) in [7, 11) is -3.52. The second-order valence-electron chi connectivity index (χ2n) is 5.80. The van der Waals surface area contributed by atoms with Crippen LogP contribution in [0.25, 0.3) is 10.9 Å². The van der Waals surface area contributed by atoms with Crippen molar-refractivity contribution in [1.82, 2.24) is 9.29 Å². The molecule has 0 saturated carbocycles. The fourth-order valence-corrected chi connectivity index (χ4v) is 5.32. The molecule has 0 amide bonds. The predicted octanol–water partition coefficient (Wildman–Crippen LogP) is 3.19. The van der Waals surface area contributed by atoms with E-state index in [-0.39, 0.29) is 12.1 Å².